The summed E-state index contributed by atoms with van der Waals surface area (Å²) >= 11 is 1.18. The van der Waals surface area contributed by atoms with Crippen LogP contribution < -0.4 is 10.2 Å². The fourth-order valence-electron chi connectivity index (χ4n) is 4.76. The van der Waals surface area contributed by atoms with Gasteiger partial charge >= 0.3 is 0 Å². The first-order valence-corrected chi connectivity index (χ1v) is 18.4. The zero-order chi connectivity index (χ0) is 33.1. The number of nitrogens with zero attached hydrogens (tertiary/aromatic N) is 3. The van der Waals surface area contributed by atoms with Crippen LogP contribution in [0.25, 0.3) is 6.08 Å². The Balaban J connectivity index is 1.66. The van der Waals surface area contributed by atoms with Crippen molar-refractivity contribution in [1.29, 1.82) is 0 Å². The molecule has 4 N–H and O–H groups in total. The van der Waals surface area contributed by atoms with Gasteiger partial charge in [0.05, 0.1) is 21.2 Å². The van der Waals surface area contributed by atoms with Crippen molar-refractivity contribution < 1.29 is 38.9 Å². The molecule has 2 heterocycles. The highest BCUT2D eigenvalue weighted by molar-refractivity contribution is 7.86. The fraction of sp³-hybridized carbons (Fsp3) is 0.214. The second kappa shape index (κ2) is 11.6. The van der Waals surface area contributed by atoms with E-state index in [4.69, 9.17) is 9.97 Å². The summed E-state index contributed by atoms with van der Waals surface area (Å²) in [7, 11) is -13.2. The van der Waals surface area contributed by atoms with Crippen LogP contribution >= 0.6 is 11.3 Å². The van der Waals surface area contributed by atoms with Gasteiger partial charge in [-0.1, -0.05) is 6.08 Å². The molecule has 1 aliphatic carbocycles. The van der Waals surface area contributed by atoms with Gasteiger partial charge in [-0.2, -0.15) is 25.3 Å². The lowest BCUT2D eigenvalue weighted by molar-refractivity contribution is 0.473. The quantitative estimate of drug-likeness (QED) is 0.173. The number of anilines is 5. The molecular weight excluding hydrogens is 665 g/mol. The van der Waals surface area contributed by atoms with Crippen molar-refractivity contribution in [2.24, 2.45) is 0 Å². The summed E-state index contributed by atoms with van der Waals surface area (Å²) in [5.74, 6) is 0.773. The van der Waals surface area contributed by atoms with Gasteiger partial charge in [0.15, 0.2) is 5.13 Å². The molecule has 13 nitrogen and oxygen atoms in total. The molecule has 45 heavy (non-hydrogen) atoms. The lowest BCUT2D eigenvalue weighted by atomic mass is 10.1. The second-order valence-corrected chi connectivity index (χ2v) is 16.1. The number of hydrogen-bond donors (Lipinski definition) is 4. The van der Waals surface area contributed by atoms with Crippen LogP contribution in [0.15, 0.2) is 58.3 Å². The van der Waals surface area contributed by atoms with E-state index in [0.717, 1.165) is 11.1 Å². The first-order chi connectivity index (χ1) is 20.8. The molecule has 5 rings (SSSR count). The highest BCUT2D eigenvalue weighted by Crippen LogP contribution is 2.42. The summed E-state index contributed by atoms with van der Waals surface area (Å²) in [6, 6.07) is 9.93. The van der Waals surface area contributed by atoms with Gasteiger partial charge in [0, 0.05) is 17.0 Å². The highest BCUT2D eigenvalue weighted by Gasteiger charge is 2.30. The predicted octanol–water partition coefficient (Wildman–Crippen LogP) is 5.30. The number of pyridine rings is 1. The van der Waals surface area contributed by atoms with E-state index in [-0.39, 0.29) is 16.2 Å². The van der Waals surface area contributed by atoms with Crippen molar-refractivity contribution in [2.75, 3.05) is 10.2 Å². The lowest BCUT2D eigenvalue weighted by Crippen LogP contribution is -2.22. The van der Waals surface area contributed by atoms with Crippen LogP contribution in [0.1, 0.15) is 32.8 Å². The Morgan fingerprint density at radius 3 is 2.02 bits per heavy atom. The first kappa shape index (κ1) is 32.7. The van der Waals surface area contributed by atoms with E-state index in [1.54, 1.807) is 24.8 Å². The summed E-state index contributed by atoms with van der Waals surface area (Å²) in [6.07, 6.45) is 2.88. The summed E-state index contributed by atoms with van der Waals surface area (Å²) < 4.78 is 99.2. The molecule has 4 aromatic rings. The molecule has 2 aromatic carbocycles. The minimum absolute atomic E-state index is 0.00282. The van der Waals surface area contributed by atoms with Crippen LogP contribution in [0.4, 0.5) is 28.1 Å². The zero-order valence-corrected chi connectivity index (χ0v) is 27.5. The Bertz CT molecular complexity index is 2210. The maximum atomic E-state index is 11.8. The Hall–Kier alpha value is -3.71. The molecule has 0 spiro atoms. The van der Waals surface area contributed by atoms with Gasteiger partial charge in [0.25, 0.3) is 30.4 Å². The van der Waals surface area contributed by atoms with Crippen molar-refractivity contribution in [3.8, 4) is 0 Å². The van der Waals surface area contributed by atoms with Gasteiger partial charge < -0.3 is 5.32 Å². The zero-order valence-electron chi connectivity index (χ0n) is 24.2. The largest absolute Gasteiger partial charge is 0.340 e. The van der Waals surface area contributed by atoms with Crippen LogP contribution in [0, 0.1) is 27.7 Å². The molecule has 0 radical (unpaired) electrons. The number of rotatable bonds is 8. The van der Waals surface area contributed by atoms with E-state index in [2.05, 4.69) is 5.32 Å². The molecule has 1 aliphatic rings. The first-order valence-electron chi connectivity index (χ1n) is 13.2. The smallest absolute Gasteiger partial charge is 0.294 e. The Morgan fingerprint density at radius 1 is 0.822 bits per heavy atom. The molecule has 0 saturated carbocycles. The Labute approximate surface area is 264 Å². The molecule has 0 aliphatic heterocycles. The summed E-state index contributed by atoms with van der Waals surface area (Å²) in [5.41, 5.74) is 4.06. The second-order valence-electron chi connectivity index (χ2n) is 10.5. The van der Waals surface area contributed by atoms with E-state index in [1.165, 1.54) is 59.9 Å². The van der Waals surface area contributed by atoms with Crippen molar-refractivity contribution in [2.45, 2.75) is 49.2 Å². The van der Waals surface area contributed by atoms with E-state index < -0.39 is 35.6 Å². The van der Waals surface area contributed by atoms with Crippen LogP contribution in [0.5, 0.6) is 0 Å². The van der Waals surface area contributed by atoms with Gasteiger partial charge in [0.1, 0.15) is 16.9 Å². The summed E-state index contributed by atoms with van der Waals surface area (Å²) in [5, 5.41) is 2.47. The Kier molecular flexibility index (Phi) is 8.41. The van der Waals surface area contributed by atoms with E-state index in [1.807, 2.05) is 13.8 Å². The van der Waals surface area contributed by atoms with Gasteiger partial charge in [-0.25, -0.2) is 9.97 Å². The maximum absolute atomic E-state index is 11.8. The van der Waals surface area contributed by atoms with E-state index >= 15 is 0 Å². The molecular formula is C28H28N4O9S4. The van der Waals surface area contributed by atoms with Crippen molar-refractivity contribution >= 4 is 75.9 Å². The predicted molar refractivity (Wildman–Crippen MR) is 171 cm³/mol. The monoisotopic (exact) mass is 692 g/mol. The van der Waals surface area contributed by atoms with Crippen LogP contribution in [-0.2, 0) is 36.8 Å². The van der Waals surface area contributed by atoms with Crippen LogP contribution in [0.3, 0.4) is 0 Å². The van der Waals surface area contributed by atoms with Crippen molar-refractivity contribution in [3.63, 3.8) is 0 Å². The molecule has 1 atom stereocenters. The molecule has 17 heteroatoms. The Morgan fingerprint density at radius 2 is 1.44 bits per heavy atom. The highest BCUT2D eigenvalue weighted by atomic mass is 32.2. The number of benzene rings is 2. The third-order valence-corrected chi connectivity index (χ3v) is 11.2. The van der Waals surface area contributed by atoms with Crippen LogP contribution in [-0.4, -0.2) is 54.1 Å². The van der Waals surface area contributed by atoms with Gasteiger partial charge in [0.2, 0.25) is 0 Å². The van der Waals surface area contributed by atoms with Gasteiger partial charge in [-0.05, 0) is 98.5 Å². The van der Waals surface area contributed by atoms with Gasteiger partial charge in [-0.15, -0.1) is 11.3 Å². The minimum atomic E-state index is -4.49. The summed E-state index contributed by atoms with van der Waals surface area (Å²) in [6.45, 7) is 7.02. The third kappa shape index (κ3) is 6.79. The average molecular weight is 693 g/mol. The molecule has 0 fully saturated rings. The topological polar surface area (TPSA) is 204 Å². The maximum Gasteiger partial charge on any atom is 0.294 e. The number of aromatic nitrogens is 2. The number of fused-ring (bicyclic) bond motifs is 1. The molecule has 0 amide bonds. The number of aryl methyl sites for hydroxylation is 3. The van der Waals surface area contributed by atoms with E-state index in [0.29, 0.717) is 49.8 Å². The lowest BCUT2D eigenvalue weighted by Gasteiger charge is -2.25. The number of thiazole rings is 1. The normalized spacial score (nSPS) is 15.1. The molecule has 238 valence electrons. The van der Waals surface area contributed by atoms with Gasteiger partial charge in [-0.3, -0.25) is 18.6 Å². The van der Waals surface area contributed by atoms with Crippen molar-refractivity contribution in [3.05, 3.63) is 81.4 Å². The fourth-order valence-corrected chi connectivity index (χ4v) is 7.78. The standard InChI is InChI=1S/C28H28N4O9S4/c1-15-13-26(31-27(18(15)4)29-22-8-5-19(11-16(22)2)43(33,34)35)32(24-10-7-20(12-17(24)3)44(36,37)38)28-30-23-9-6-21(45(39,40)41)14-25(23)42-28/h5-13,21H,14H2,1-4H3,(H,29,31)(H,33,34,35)(H,36,37,38)(H,39,40,41). The summed E-state index contributed by atoms with van der Waals surface area (Å²) in [4.78, 5) is 11.3. The van der Waals surface area contributed by atoms with Crippen LogP contribution in [0.2, 0.25) is 0 Å². The number of hydrogen-bond acceptors (Lipinski definition) is 11. The van der Waals surface area contributed by atoms with Crippen molar-refractivity contribution in [1.82, 2.24) is 9.97 Å². The average Bonchev–Trinajstić information content (AvgIpc) is 3.34. The molecule has 1 unspecified atom stereocenters. The number of nitrogens with one attached hydrogen (secondary N) is 1. The molecule has 0 bridgehead atoms. The van der Waals surface area contributed by atoms with E-state index in [9.17, 15) is 38.9 Å². The third-order valence-electron chi connectivity index (χ3n) is 7.35. The molecule has 2 aromatic heterocycles. The SMILES string of the molecule is Cc1cc(S(=O)(=O)O)ccc1Nc1nc(N(c2nc3c(s2)CC(S(=O)(=O)O)C=C3)c2ccc(S(=O)(=O)O)cc2C)cc(C)c1C. The molecule has 0 saturated heterocycles. The minimum Gasteiger partial charge on any atom is -0.340 e.